The van der Waals surface area contributed by atoms with Gasteiger partial charge < -0.3 is 18.8 Å². The molecule has 25 rings (SSSR count). The van der Waals surface area contributed by atoms with Gasteiger partial charge in [0.1, 0.15) is 23.0 Å². The van der Waals surface area contributed by atoms with Crippen LogP contribution in [0.25, 0.3) is 145 Å². The maximum absolute atomic E-state index is 6.58. The molecule has 5 heterocycles. The molecule has 20 aromatic rings. The van der Waals surface area contributed by atoms with Gasteiger partial charge in [0, 0.05) is 60.1 Å². The molecule has 1 fully saturated rings. The SMILES string of the molecule is Brc1cccc2c1-c1ccccc1C21c2ccccc2Oc2ccccc21.CC1(C)OB(c2nc(-c3ccccc3)nc(-c3ccc(-c4cc5ccccc5c5ccccc45)cc3)n2)OC1(C)C.c1ccc(-c2nc(-c3ccc(-c4cc5ccccc5c5ccccc45)cc3)nc(-c3cccc4c3-c3ccccc3C43c4ccccc4Oc4ccccc43)n2)cc1. The van der Waals surface area contributed by atoms with Crippen molar-refractivity contribution < 1.29 is 18.8 Å². The minimum absolute atomic E-state index is 0.360. The number of ether oxygens (including phenoxy) is 2. The second-order valence-corrected chi connectivity index (χ2v) is 34.5. The molecule has 1 saturated heterocycles. The molecule has 18 aromatic carbocycles. The first-order chi connectivity index (χ1) is 61.9. The van der Waals surface area contributed by atoms with Crippen LogP contribution in [0.1, 0.15) is 72.2 Å². The van der Waals surface area contributed by atoms with Crippen LogP contribution in [-0.2, 0) is 20.1 Å². The van der Waals surface area contributed by atoms with E-state index in [9.17, 15) is 0 Å². The van der Waals surface area contributed by atoms with Crippen molar-refractivity contribution in [1.29, 1.82) is 0 Å². The topological polar surface area (TPSA) is 114 Å². The van der Waals surface area contributed by atoms with Crippen molar-refractivity contribution in [1.82, 2.24) is 29.9 Å². The molecule has 0 N–H and O–H groups in total. The lowest BCUT2D eigenvalue weighted by Gasteiger charge is -2.39. The van der Waals surface area contributed by atoms with Crippen LogP contribution in [0.5, 0.6) is 23.0 Å². The van der Waals surface area contributed by atoms with Crippen molar-refractivity contribution in [3.05, 3.63) is 449 Å². The Bertz CT molecular complexity index is 7670. The van der Waals surface area contributed by atoms with Crippen LogP contribution in [0.15, 0.2) is 405 Å². The maximum Gasteiger partial charge on any atom is 0.534 e. The lowest BCUT2D eigenvalue weighted by atomic mass is 9.66. The minimum Gasteiger partial charge on any atom is -0.457 e. The van der Waals surface area contributed by atoms with Crippen LogP contribution >= 0.6 is 15.9 Å². The zero-order valence-corrected chi connectivity index (χ0v) is 71.0. The summed E-state index contributed by atoms with van der Waals surface area (Å²) in [7, 11) is -0.688. The summed E-state index contributed by atoms with van der Waals surface area (Å²) in [5, 5.41) is 9.93. The van der Waals surface area contributed by atoms with Crippen molar-refractivity contribution >= 4 is 71.9 Å². The molecule has 0 unspecified atom stereocenters. The van der Waals surface area contributed by atoms with E-state index < -0.39 is 23.7 Å². The Balaban J connectivity index is 0.000000117. The summed E-state index contributed by atoms with van der Waals surface area (Å²) < 4.78 is 26.6. The number of aromatic nitrogens is 6. The van der Waals surface area contributed by atoms with Crippen LogP contribution in [0.3, 0.4) is 0 Å². The van der Waals surface area contributed by atoms with Gasteiger partial charge in [-0.3, -0.25) is 0 Å². The first kappa shape index (κ1) is 76.0. The second kappa shape index (κ2) is 30.3. The highest BCUT2D eigenvalue weighted by atomic mass is 79.9. The summed E-state index contributed by atoms with van der Waals surface area (Å²) in [6.45, 7) is 8.12. The van der Waals surface area contributed by atoms with Crippen molar-refractivity contribution in [3.8, 4) is 124 Å². The molecule has 0 atom stereocenters. The zero-order valence-electron chi connectivity index (χ0n) is 69.4. The molecular formula is C114H78BBrN6O4. The van der Waals surface area contributed by atoms with E-state index in [1.165, 1.54) is 98.7 Å². The van der Waals surface area contributed by atoms with Gasteiger partial charge in [0.2, 0.25) is 0 Å². The molecule has 598 valence electrons. The summed E-state index contributed by atoms with van der Waals surface area (Å²) in [4.78, 5) is 30.2. The Labute approximate surface area is 738 Å². The Hall–Kier alpha value is -14.9. The number of fused-ring (bicyclic) bond motifs is 24. The standard InChI is InChI=1S/C54H33N3O.C35H30BN3O2.C25H15BrO/c1-2-15-35(16-3-1)51-55-52(36-31-29-34(30-32-36)43-33-37-17-4-5-18-38(37)39-19-6-7-20-40(39)43)57-53(56-51)42-22-14-26-47-50(42)41-21-8-9-23-44(41)54(47)45-24-10-12-27-48(45)58-49-28-13-11-25-46(49)54;1-34(2)35(3,4)41-36(40-34)33-38-31(24-12-6-5-7-13-24)37-32(39-33)25-20-18-23(19-21-25)30-22-26-14-8-9-15-27(26)28-16-10-11-17-29(28)30;26-21-13-7-12-20-24(21)16-8-1-2-9-17(16)25(20)18-10-3-5-14-22(18)27-23-15-6-4-11-19(23)25/h1-33H;5-22H,1-4H3;1-15H. The Kier molecular flexibility index (Phi) is 18.2. The minimum atomic E-state index is -0.688. The quantitative estimate of drug-likeness (QED) is 0.108. The van der Waals surface area contributed by atoms with E-state index in [0.29, 0.717) is 34.8 Å². The fourth-order valence-corrected chi connectivity index (χ4v) is 20.3. The van der Waals surface area contributed by atoms with Gasteiger partial charge in [0.15, 0.2) is 34.8 Å². The number of nitrogens with zero attached hydrogens (tertiary/aromatic N) is 6. The van der Waals surface area contributed by atoms with Gasteiger partial charge in [-0.25, -0.2) is 29.9 Å². The van der Waals surface area contributed by atoms with E-state index in [1.54, 1.807) is 0 Å². The molecule has 2 aliphatic carbocycles. The average molecular weight is 1690 g/mol. The lowest BCUT2D eigenvalue weighted by molar-refractivity contribution is 0.00578. The van der Waals surface area contributed by atoms with Crippen molar-refractivity contribution in [2.24, 2.45) is 0 Å². The predicted molar refractivity (Wildman–Crippen MR) is 512 cm³/mol. The highest BCUT2D eigenvalue weighted by Crippen LogP contribution is 2.65. The van der Waals surface area contributed by atoms with E-state index in [1.807, 2.05) is 100 Å². The molecule has 10 nitrogen and oxygen atoms in total. The number of rotatable bonds is 8. The molecule has 2 spiro atoms. The molecule has 0 saturated carbocycles. The summed E-state index contributed by atoms with van der Waals surface area (Å²) in [6, 6.07) is 141. The summed E-state index contributed by atoms with van der Waals surface area (Å²) in [5.41, 5.74) is 22.4. The van der Waals surface area contributed by atoms with E-state index in [-0.39, 0.29) is 5.41 Å². The number of hydrogen-bond donors (Lipinski definition) is 0. The summed E-state index contributed by atoms with van der Waals surface area (Å²) in [6.07, 6.45) is 0. The summed E-state index contributed by atoms with van der Waals surface area (Å²) in [5.74, 6) is 6.64. The molecule has 12 heteroatoms. The highest BCUT2D eigenvalue weighted by molar-refractivity contribution is 9.10. The predicted octanol–water partition coefficient (Wildman–Crippen LogP) is 27.7. The second-order valence-electron chi connectivity index (χ2n) is 33.7. The molecule has 126 heavy (non-hydrogen) atoms. The van der Waals surface area contributed by atoms with Crippen LogP contribution in [0.2, 0.25) is 0 Å². The van der Waals surface area contributed by atoms with Gasteiger partial charge in [-0.05, 0) is 174 Å². The van der Waals surface area contributed by atoms with Crippen molar-refractivity contribution in [3.63, 3.8) is 0 Å². The van der Waals surface area contributed by atoms with Gasteiger partial charge in [-0.1, -0.05) is 374 Å². The first-order valence-electron chi connectivity index (χ1n) is 42.7. The third kappa shape index (κ3) is 12.3. The smallest absolute Gasteiger partial charge is 0.457 e. The van der Waals surface area contributed by atoms with E-state index in [4.69, 9.17) is 48.7 Å². The van der Waals surface area contributed by atoms with Crippen LogP contribution in [0.4, 0.5) is 0 Å². The molecule has 3 aliphatic heterocycles. The fraction of sp³-hybridized carbons (Fsp3) is 0.0702. The highest BCUT2D eigenvalue weighted by Gasteiger charge is 2.55. The number of para-hydroxylation sites is 4. The fourth-order valence-electron chi connectivity index (χ4n) is 19.8. The maximum atomic E-state index is 6.58. The molecule has 5 aliphatic rings. The molecule has 0 bridgehead atoms. The van der Waals surface area contributed by atoms with Crippen molar-refractivity contribution in [2.75, 3.05) is 0 Å². The third-order valence-corrected chi connectivity index (χ3v) is 26.9. The summed E-state index contributed by atoms with van der Waals surface area (Å²) >= 11 is 3.82. The largest absolute Gasteiger partial charge is 0.534 e. The Morgan fingerprint density at radius 1 is 0.230 bits per heavy atom. The van der Waals surface area contributed by atoms with Gasteiger partial charge in [-0.2, -0.15) is 0 Å². The number of halogens is 1. The number of hydrogen-bond acceptors (Lipinski definition) is 10. The zero-order chi connectivity index (χ0) is 84.4. The van der Waals surface area contributed by atoms with Crippen molar-refractivity contribution in [2.45, 2.75) is 49.7 Å². The molecular weight excluding hydrogens is 1610 g/mol. The third-order valence-electron chi connectivity index (χ3n) is 26.2. The average Bonchev–Trinajstić information content (AvgIpc) is 1.51. The lowest BCUT2D eigenvalue weighted by Crippen LogP contribution is -2.41. The van der Waals surface area contributed by atoms with Gasteiger partial charge >= 0.3 is 7.12 Å². The Morgan fingerprint density at radius 3 is 0.968 bits per heavy atom. The van der Waals surface area contributed by atoms with Gasteiger partial charge in [0.05, 0.1) is 22.0 Å². The van der Waals surface area contributed by atoms with Crippen LogP contribution in [0, 0.1) is 0 Å². The van der Waals surface area contributed by atoms with E-state index >= 15 is 0 Å². The van der Waals surface area contributed by atoms with Gasteiger partial charge in [0.25, 0.3) is 0 Å². The molecule has 0 amide bonds. The molecule has 0 radical (unpaired) electrons. The van der Waals surface area contributed by atoms with E-state index in [2.05, 4.69) is 344 Å². The van der Waals surface area contributed by atoms with Crippen LogP contribution in [-0.4, -0.2) is 48.2 Å². The van der Waals surface area contributed by atoms with Crippen LogP contribution < -0.4 is 15.2 Å². The van der Waals surface area contributed by atoms with Gasteiger partial charge in [-0.15, -0.1) is 0 Å². The number of benzene rings is 18. The normalized spacial score (nSPS) is 14.4. The molecule has 2 aromatic heterocycles. The monoisotopic (exact) mass is 1680 g/mol. The Morgan fingerprint density at radius 2 is 0.532 bits per heavy atom. The first-order valence-corrected chi connectivity index (χ1v) is 43.5. The van der Waals surface area contributed by atoms with E-state index in [0.717, 1.165) is 88.7 Å².